The van der Waals surface area contributed by atoms with Crippen molar-refractivity contribution in [1.29, 1.82) is 0 Å². The molecule has 58 heavy (non-hydrogen) atoms. The fourth-order valence-electron chi connectivity index (χ4n) is 8.26. The van der Waals surface area contributed by atoms with Crippen LogP contribution in [0, 0.1) is 20.2 Å². The van der Waals surface area contributed by atoms with E-state index in [-0.39, 0.29) is 5.41 Å². The van der Waals surface area contributed by atoms with E-state index in [1.807, 2.05) is 12.3 Å². The van der Waals surface area contributed by atoms with Crippen molar-refractivity contribution >= 4 is 21.8 Å². The molecule has 0 aliphatic carbocycles. The third-order valence-corrected chi connectivity index (χ3v) is 11.7. The molecule has 0 radical (unpaired) electrons. The van der Waals surface area contributed by atoms with Gasteiger partial charge in [-0.3, -0.25) is 13.7 Å². The lowest BCUT2D eigenvalue weighted by Crippen LogP contribution is -2.32. The summed E-state index contributed by atoms with van der Waals surface area (Å²) in [5.41, 5.74) is 14.6. The van der Waals surface area contributed by atoms with Gasteiger partial charge in [-0.15, -0.1) is 0 Å². The minimum atomic E-state index is 0.00219. The number of fused-ring (bicyclic) bond motifs is 3. The first kappa shape index (κ1) is 38.9. The van der Waals surface area contributed by atoms with Gasteiger partial charge in [-0.2, -0.15) is 0 Å². The summed E-state index contributed by atoms with van der Waals surface area (Å²) < 4.78 is 13.2. The highest BCUT2D eigenvalue weighted by Gasteiger charge is 2.21. The molecule has 0 saturated carbocycles. The summed E-state index contributed by atoms with van der Waals surface area (Å²) in [7, 11) is 0. The van der Waals surface area contributed by atoms with E-state index in [2.05, 4.69) is 205 Å². The maximum absolute atomic E-state index is 6.66. The number of hydrogen-bond acceptors (Lipinski definition) is 2. The molecule has 0 unspecified atom stereocenters. The number of para-hydroxylation sites is 1. The molecule has 0 aliphatic rings. The van der Waals surface area contributed by atoms with E-state index in [9.17, 15) is 0 Å². The number of ether oxygens (including phenoxy) is 1. The molecule has 0 bridgehead atoms. The SMILES string of the molecule is Cc1c(C)[n+](-c2cccc(-c3c(C(C)C)cc(C(C)C)cc3C(C)C)c2)[c-]n1-c1cccc(Oc2ccc3c4ccccc4n(-c4cc(C(C)(C)C)ccn4)c3c2)c1. The van der Waals surface area contributed by atoms with E-state index < -0.39 is 0 Å². The normalized spacial score (nSPS) is 12.2. The molecule has 8 rings (SSSR count). The molecule has 0 saturated heterocycles. The zero-order chi connectivity index (χ0) is 41.0. The standard InChI is InChI=1S/C53H56N4O/c1-33(2)39-27-47(34(3)4)52(48(28-39)35(5)6)38-16-14-17-41(26-38)55-32-56(37(8)36(55)7)42-18-15-19-43(30-42)58-44-22-23-46-45-20-12-13-21-49(45)57(50(46)31-44)51-29-40(24-25-54-51)53(9,10)11/h12-31,33-35H,1-11H3. The van der Waals surface area contributed by atoms with Gasteiger partial charge in [-0.1, -0.05) is 111 Å². The predicted octanol–water partition coefficient (Wildman–Crippen LogP) is 13.8. The van der Waals surface area contributed by atoms with Crippen LogP contribution in [0.2, 0.25) is 0 Å². The summed E-state index contributed by atoms with van der Waals surface area (Å²) in [4.78, 5) is 4.86. The quantitative estimate of drug-likeness (QED) is 0.108. The summed E-state index contributed by atoms with van der Waals surface area (Å²) in [5, 5.41) is 2.35. The van der Waals surface area contributed by atoms with Crippen LogP contribution < -0.4 is 9.30 Å². The first-order valence-corrected chi connectivity index (χ1v) is 20.8. The second kappa shape index (κ2) is 15.1. The van der Waals surface area contributed by atoms with Crippen LogP contribution in [0.5, 0.6) is 11.5 Å². The lowest BCUT2D eigenvalue weighted by atomic mass is 9.82. The van der Waals surface area contributed by atoms with Crippen molar-refractivity contribution in [2.24, 2.45) is 0 Å². The van der Waals surface area contributed by atoms with Crippen molar-refractivity contribution in [2.45, 2.75) is 99.3 Å². The van der Waals surface area contributed by atoms with E-state index in [4.69, 9.17) is 9.72 Å². The van der Waals surface area contributed by atoms with Gasteiger partial charge >= 0.3 is 0 Å². The highest BCUT2D eigenvalue weighted by atomic mass is 16.5. The molecule has 0 spiro atoms. The minimum Gasteiger partial charge on any atom is -0.458 e. The van der Waals surface area contributed by atoms with Crippen molar-refractivity contribution in [3.05, 3.63) is 161 Å². The second-order valence-corrected chi connectivity index (χ2v) is 17.8. The van der Waals surface area contributed by atoms with Gasteiger partial charge < -0.3 is 4.74 Å². The Balaban J connectivity index is 1.15. The van der Waals surface area contributed by atoms with Crippen LogP contribution in [0.15, 0.2) is 121 Å². The van der Waals surface area contributed by atoms with Crippen molar-refractivity contribution < 1.29 is 9.30 Å². The van der Waals surface area contributed by atoms with Crippen LogP contribution in [0.3, 0.4) is 0 Å². The smallest absolute Gasteiger partial charge is 0.269 e. The number of rotatable bonds is 9. The van der Waals surface area contributed by atoms with Crippen LogP contribution in [-0.2, 0) is 5.41 Å². The zero-order valence-corrected chi connectivity index (χ0v) is 36.0. The van der Waals surface area contributed by atoms with Crippen LogP contribution in [0.25, 0.3) is 50.1 Å². The molecular weight excluding hydrogens is 709 g/mol. The summed E-state index contributed by atoms with van der Waals surface area (Å²) >= 11 is 0. The summed E-state index contributed by atoms with van der Waals surface area (Å²) in [6, 6.07) is 41.3. The molecule has 0 N–H and O–H groups in total. The van der Waals surface area contributed by atoms with Gasteiger partial charge in [0.15, 0.2) is 0 Å². The lowest BCUT2D eigenvalue weighted by molar-refractivity contribution is -0.606. The summed E-state index contributed by atoms with van der Waals surface area (Å²) in [6.45, 7) is 24.9. The number of pyridine rings is 1. The van der Waals surface area contributed by atoms with Gasteiger partial charge in [0, 0.05) is 23.0 Å². The fraction of sp³-hybridized carbons (Fsp3) is 0.283. The Bertz CT molecular complexity index is 2780. The predicted molar refractivity (Wildman–Crippen MR) is 241 cm³/mol. The van der Waals surface area contributed by atoms with Crippen LogP contribution in [0.1, 0.15) is 114 Å². The Morgan fingerprint density at radius 3 is 2.05 bits per heavy atom. The first-order chi connectivity index (χ1) is 27.7. The molecule has 294 valence electrons. The third kappa shape index (κ3) is 7.12. The molecule has 3 heterocycles. The Morgan fingerprint density at radius 1 is 0.655 bits per heavy atom. The Labute approximate surface area is 344 Å². The minimum absolute atomic E-state index is 0.00219. The largest absolute Gasteiger partial charge is 0.458 e. The number of hydrogen-bond donors (Lipinski definition) is 0. The van der Waals surface area contributed by atoms with E-state index in [0.717, 1.165) is 56.5 Å². The molecule has 5 nitrogen and oxygen atoms in total. The molecule has 0 atom stereocenters. The Kier molecular flexibility index (Phi) is 10.1. The molecule has 0 amide bonds. The van der Waals surface area contributed by atoms with Gasteiger partial charge in [-0.05, 0) is 131 Å². The highest BCUT2D eigenvalue weighted by Crippen LogP contribution is 2.40. The van der Waals surface area contributed by atoms with Gasteiger partial charge in [0.1, 0.15) is 17.3 Å². The summed E-state index contributed by atoms with van der Waals surface area (Å²) in [6.07, 6.45) is 5.62. The maximum atomic E-state index is 6.66. The number of imidazole rings is 1. The van der Waals surface area contributed by atoms with Crippen LogP contribution >= 0.6 is 0 Å². The molecule has 3 aromatic heterocycles. The van der Waals surface area contributed by atoms with Crippen LogP contribution in [-0.4, -0.2) is 14.1 Å². The van der Waals surface area contributed by atoms with E-state index in [1.54, 1.807) is 0 Å². The molecule has 0 aliphatic heterocycles. The van der Waals surface area contributed by atoms with Crippen molar-refractivity contribution in [3.8, 4) is 39.8 Å². The number of benzene rings is 5. The van der Waals surface area contributed by atoms with E-state index >= 15 is 0 Å². The number of aromatic nitrogens is 4. The van der Waals surface area contributed by atoms with Crippen molar-refractivity contribution in [2.75, 3.05) is 0 Å². The van der Waals surface area contributed by atoms with E-state index in [0.29, 0.717) is 17.8 Å². The zero-order valence-electron chi connectivity index (χ0n) is 36.0. The Morgan fingerprint density at radius 2 is 1.34 bits per heavy atom. The molecule has 0 fully saturated rings. The fourth-order valence-corrected chi connectivity index (χ4v) is 8.26. The second-order valence-electron chi connectivity index (χ2n) is 17.8. The number of nitrogens with zero attached hydrogens (tertiary/aromatic N) is 4. The molecule has 8 aromatic rings. The van der Waals surface area contributed by atoms with Gasteiger partial charge in [0.05, 0.1) is 33.8 Å². The Hall–Kier alpha value is -5.94. The average molecular weight is 765 g/mol. The van der Waals surface area contributed by atoms with Crippen molar-refractivity contribution in [1.82, 2.24) is 14.1 Å². The maximum Gasteiger partial charge on any atom is 0.269 e. The first-order valence-electron chi connectivity index (χ1n) is 20.8. The third-order valence-electron chi connectivity index (χ3n) is 11.7. The lowest BCUT2D eigenvalue weighted by Gasteiger charge is -2.23. The van der Waals surface area contributed by atoms with Gasteiger partial charge in [0.25, 0.3) is 6.33 Å². The van der Waals surface area contributed by atoms with Gasteiger partial charge in [-0.25, -0.2) is 4.98 Å². The molecule has 5 aromatic carbocycles. The van der Waals surface area contributed by atoms with Gasteiger partial charge in [0.2, 0.25) is 0 Å². The summed E-state index contributed by atoms with van der Waals surface area (Å²) in [5.74, 6) is 3.71. The van der Waals surface area contributed by atoms with Crippen molar-refractivity contribution in [3.63, 3.8) is 0 Å². The highest BCUT2D eigenvalue weighted by molar-refractivity contribution is 6.09. The average Bonchev–Trinajstić information content (AvgIpc) is 3.69. The molecular formula is C53H56N4O. The topological polar surface area (TPSA) is 35.9 Å². The molecule has 5 heteroatoms. The monoisotopic (exact) mass is 764 g/mol. The van der Waals surface area contributed by atoms with Crippen LogP contribution in [0.4, 0.5) is 0 Å². The van der Waals surface area contributed by atoms with E-state index in [1.165, 1.54) is 38.8 Å².